The number of hydrogen-bond donors (Lipinski definition) is 0. The minimum absolute atomic E-state index is 0.0739. The van der Waals surface area contributed by atoms with Gasteiger partial charge in [-0.1, -0.05) is 67.1 Å². The van der Waals surface area contributed by atoms with E-state index >= 15 is 0 Å². The van der Waals surface area contributed by atoms with Crippen LogP contribution in [0.5, 0.6) is 0 Å². The Morgan fingerprint density at radius 3 is 2.38 bits per heavy atom. The molecule has 2 aromatic rings. The zero-order valence-electron chi connectivity index (χ0n) is 17.0. The van der Waals surface area contributed by atoms with Gasteiger partial charge in [-0.15, -0.1) is 0 Å². The molecule has 2 aromatic carbocycles. The van der Waals surface area contributed by atoms with Crippen molar-refractivity contribution in [3.63, 3.8) is 0 Å². The van der Waals surface area contributed by atoms with Crippen LogP contribution >= 0.6 is 0 Å². The second kappa shape index (κ2) is 8.91. The summed E-state index contributed by atoms with van der Waals surface area (Å²) in [5.41, 5.74) is 2.22. The van der Waals surface area contributed by atoms with E-state index in [0.717, 1.165) is 30.4 Å². The first-order chi connectivity index (χ1) is 14.2. The van der Waals surface area contributed by atoms with Crippen LogP contribution in [0, 0.1) is 5.92 Å². The Balaban J connectivity index is 1.79. The van der Waals surface area contributed by atoms with Crippen LogP contribution in [0.15, 0.2) is 60.7 Å². The highest BCUT2D eigenvalue weighted by atomic mass is 16.5. The number of carbonyl (C=O) groups excluding carboxylic acids is 2. The van der Waals surface area contributed by atoms with Gasteiger partial charge in [0.2, 0.25) is 0 Å². The SMILES string of the molecule is CCOC(=O)[C@H]1[C@@H](c2ccccc2)[C@@H]2C(=O)CCCC[C@H]2N1Cc1ccccc1. The average molecular weight is 392 g/mol. The predicted octanol–water partition coefficient (Wildman–Crippen LogP) is 4.35. The Labute approximate surface area is 172 Å². The van der Waals surface area contributed by atoms with Crippen LogP contribution < -0.4 is 0 Å². The molecule has 4 atom stereocenters. The summed E-state index contributed by atoms with van der Waals surface area (Å²) in [7, 11) is 0. The molecular formula is C25H29NO3. The second-order valence-corrected chi connectivity index (χ2v) is 8.10. The van der Waals surface area contributed by atoms with Gasteiger partial charge < -0.3 is 4.74 Å². The van der Waals surface area contributed by atoms with Gasteiger partial charge in [0.25, 0.3) is 0 Å². The number of fused-ring (bicyclic) bond motifs is 1. The molecule has 0 N–H and O–H groups in total. The van der Waals surface area contributed by atoms with Crippen molar-refractivity contribution in [1.82, 2.24) is 4.90 Å². The molecule has 2 fully saturated rings. The third-order valence-corrected chi connectivity index (χ3v) is 6.39. The molecule has 29 heavy (non-hydrogen) atoms. The largest absolute Gasteiger partial charge is 0.465 e. The van der Waals surface area contributed by atoms with E-state index in [4.69, 9.17) is 4.74 Å². The van der Waals surface area contributed by atoms with E-state index in [2.05, 4.69) is 29.2 Å². The Morgan fingerprint density at radius 1 is 1.00 bits per heavy atom. The molecule has 152 valence electrons. The fourth-order valence-electron chi connectivity index (χ4n) is 5.22. The molecule has 2 aliphatic rings. The zero-order valence-corrected chi connectivity index (χ0v) is 17.0. The van der Waals surface area contributed by atoms with Crippen LogP contribution in [0.1, 0.15) is 49.7 Å². The first-order valence-electron chi connectivity index (χ1n) is 10.7. The van der Waals surface area contributed by atoms with E-state index in [1.54, 1.807) is 0 Å². The predicted molar refractivity (Wildman–Crippen MR) is 112 cm³/mol. The molecule has 0 spiro atoms. The molecule has 0 aromatic heterocycles. The van der Waals surface area contributed by atoms with Crippen LogP contribution in [0.4, 0.5) is 0 Å². The topological polar surface area (TPSA) is 46.6 Å². The number of ketones is 1. The highest BCUT2D eigenvalue weighted by Crippen LogP contribution is 2.47. The van der Waals surface area contributed by atoms with Gasteiger partial charge in [0.15, 0.2) is 0 Å². The number of hydrogen-bond acceptors (Lipinski definition) is 4. The molecule has 4 heteroatoms. The molecule has 1 saturated heterocycles. The van der Waals surface area contributed by atoms with E-state index in [1.807, 2.05) is 43.3 Å². The number of ether oxygens (including phenoxy) is 1. The van der Waals surface area contributed by atoms with Crippen molar-refractivity contribution >= 4 is 11.8 Å². The van der Waals surface area contributed by atoms with Crippen LogP contribution in [-0.4, -0.2) is 35.3 Å². The molecule has 0 amide bonds. The maximum atomic E-state index is 13.2. The van der Waals surface area contributed by atoms with Crippen molar-refractivity contribution < 1.29 is 14.3 Å². The van der Waals surface area contributed by atoms with E-state index < -0.39 is 6.04 Å². The van der Waals surface area contributed by atoms with Gasteiger partial charge in [0, 0.05) is 30.8 Å². The number of rotatable bonds is 5. The Hall–Kier alpha value is -2.46. The second-order valence-electron chi connectivity index (χ2n) is 8.10. The van der Waals surface area contributed by atoms with Crippen molar-refractivity contribution in [2.45, 2.75) is 57.2 Å². The molecule has 1 aliphatic carbocycles. The maximum absolute atomic E-state index is 13.2. The summed E-state index contributed by atoms with van der Waals surface area (Å²) in [6.45, 7) is 2.84. The molecule has 1 saturated carbocycles. The molecule has 4 rings (SSSR count). The molecule has 1 aliphatic heterocycles. The van der Waals surface area contributed by atoms with Gasteiger partial charge in [-0.25, -0.2) is 0 Å². The molecular weight excluding hydrogens is 362 g/mol. The summed E-state index contributed by atoms with van der Waals surface area (Å²) in [5, 5.41) is 0. The number of nitrogens with zero attached hydrogens (tertiary/aromatic N) is 1. The monoisotopic (exact) mass is 391 g/mol. The summed E-state index contributed by atoms with van der Waals surface area (Å²) in [6, 6.07) is 19.9. The van der Waals surface area contributed by atoms with Crippen LogP contribution in [0.3, 0.4) is 0 Å². The van der Waals surface area contributed by atoms with Gasteiger partial charge in [-0.05, 0) is 30.9 Å². The lowest BCUT2D eigenvalue weighted by molar-refractivity contribution is -0.149. The summed E-state index contributed by atoms with van der Waals surface area (Å²) in [6.07, 6.45) is 3.52. The van der Waals surface area contributed by atoms with Crippen LogP contribution in [-0.2, 0) is 20.9 Å². The van der Waals surface area contributed by atoms with Crippen LogP contribution in [0.25, 0.3) is 0 Å². The van der Waals surface area contributed by atoms with Gasteiger partial charge in [-0.2, -0.15) is 0 Å². The number of Topliss-reactive ketones (excluding diaryl/α,β-unsaturated/α-hetero) is 1. The normalized spacial score (nSPS) is 27.3. The molecule has 4 nitrogen and oxygen atoms in total. The highest BCUT2D eigenvalue weighted by Gasteiger charge is 2.55. The Bertz CT molecular complexity index is 836. The summed E-state index contributed by atoms with van der Waals surface area (Å²) in [5.74, 6) is -0.225. The summed E-state index contributed by atoms with van der Waals surface area (Å²) < 4.78 is 5.53. The Morgan fingerprint density at radius 2 is 1.69 bits per heavy atom. The van der Waals surface area contributed by atoms with E-state index in [-0.39, 0.29) is 23.8 Å². The highest BCUT2D eigenvalue weighted by molar-refractivity contribution is 5.87. The van der Waals surface area contributed by atoms with Crippen molar-refractivity contribution in [1.29, 1.82) is 0 Å². The van der Waals surface area contributed by atoms with Crippen molar-refractivity contribution in [2.75, 3.05) is 6.61 Å². The third-order valence-electron chi connectivity index (χ3n) is 6.39. The third kappa shape index (κ3) is 3.99. The fourth-order valence-corrected chi connectivity index (χ4v) is 5.22. The maximum Gasteiger partial charge on any atom is 0.324 e. The zero-order chi connectivity index (χ0) is 20.2. The van der Waals surface area contributed by atoms with Crippen LogP contribution in [0.2, 0.25) is 0 Å². The lowest BCUT2D eigenvalue weighted by atomic mass is 9.79. The first kappa shape index (κ1) is 19.8. The van der Waals surface area contributed by atoms with Gasteiger partial charge in [0.05, 0.1) is 6.61 Å². The molecule has 0 bridgehead atoms. The van der Waals surface area contributed by atoms with Crippen molar-refractivity contribution in [2.24, 2.45) is 5.92 Å². The summed E-state index contributed by atoms with van der Waals surface area (Å²) in [4.78, 5) is 28.7. The van der Waals surface area contributed by atoms with Crippen molar-refractivity contribution in [3.8, 4) is 0 Å². The average Bonchev–Trinajstić information content (AvgIpc) is 2.94. The number of benzene rings is 2. The quantitative estimate of drug-likeness (QED) is 0.711. The smallest absolute Gasteiger partial charge is 0.324 e. The number of carbonyl (C=O) groups is 2. The molecule has 0 unspecified atom stereocenters. The Kier molecular flexibility index (Phi) is 6.10. The molecule has 0 radical (unpaired) electrons. The lowest BCUT2D eigenvalue weighted by Gasteiger charge is -2.30. The fraction of sp³-hybridized carbons (Fsp3) is 0.440. The lowest BCUT2D eigenvalue weighted by Crippen LogP contribution is -2.43. The van der Waals surface area contributed by atoms with E-state index in [9.17, 15) is 9.59 Å². The standard InChI is InChI=1S/C25H29NO3/c1-2-29-25(28)24-22(19-13-7-4-8-14-19)23-20(15-9-10-16-21(23)27)26(24)17-18-11-5-3-6-12-18/h3-8,11-14,20,22-24H,2,9-10,15-17H2,1H3/t20-,22+,23+,24-/m1/s1. The number of esters is 1. The van der Waals surface area contributed by atoms with E-state index in [1.165, 1.54) is 0 Å². The minimum Gasteiger partial charge on any atom is -0.465 e. The molecule has 1 heterocycles. The van der Waals surface area contributed by atoms with Gasteiger partial charge in [0.1, 0.15) is 11.8 Å². The summed E-state index contributed by atoms with van der Waals surface area (Å²) >= 11 is 0. The number of likely N-dealkylation sites (tertiary alicyclic amines) is 1. The van der Waals surface area contributed by atoms with Gasteiger partial charge >= 0.3 is 5.97 Å². The van der Waals surface area contributed by atoms with Gasteiger partial charge in [-0.3, -0.25) is 14.5 Å². The minimum atomic E-state index is -0.436. The van der Waals surface area contributed by atoms with E-state index in [0.29, 0.717) is 25.4 Å². The van der Waals surface area contributed by atoms with Crippen molar-refractivity contribution in [3.05, 3.63) is 71.8 Å². The first-order valence-corrected chi connectivity index (χ1v) is 10.7.